The maximum absolute atomic E-state index is 11.8. The van der Waals surface area contributed by atoms with Crippen LogP contribution in [0.25, 0.3) is 0 Å². The third-order valence-electron chi connectivity index (χ3n) is 3.30. The summed E-state index contributed by atoms with van der Waals surface area (Å²) in [6, 6.07) is 0. The van der Waals surface area contributed by atoms with Crippen molar-refractivity contribution in [3.8, 4) is 0 Å². The van der Waals surface area contributed by atoms with Gasteiger partial charge in [0.1, 0.15) is 0 Å². The summed E-state index contributed by atoms with van der Waals surface area (Å²) in [4.78, 5) is 2.55. The van der Waals surface area contributed by atoms with E-state index in [1.54, 1.807) is 6.92 Å². The minimum Gasteiger partial charge on any atom is -0.392 e. The first kappa shape index (κ1) is 15.8. The molecule has 1 aliphatic rings. The largest absolute Gasteiger partial charge is 0.392 e. The van der Waals surface area contributed by atoms with Crippen molar-refractivity contribution in [2.45, 2.75) is 26.3 Å². The van der Waals surface area contributed by atoms with Crippen molar-refractivity contribution < 1.29 is 8.42 Å². The van der Waals surface area contributed by atoms with Crippen LogP contribution in [0.5, 0.6) is 0 Å². The van der Waals surface area contributed by atoms with Gasteiger partial charge in [-0.25, -0.2) is 4.72 Å². The van der Waals surface area contributed by atoms with Crippen LogP contribution < -0.4 is 10.5 Å². The molecule has 1 saturated heterocycles. The van der Waals surface area contributed by atoms with Crippen LogP contribution >= 0.6 is 12.2 Å². The SMILES string of the molecule is CCNS(=O)(=O)N1CCN(C(C)(C)C(N)=S)CC1. The fraction of sp³-hybridized carbons (Fsp3) is 0.900. The highest BCUT2D eigenvalue weighted by atomic mass is 32.2. The molecule has 0 unspecified atom stereocenters. The quantitative estimate of drug-likeness (QED) is 0.670. The predicted molar refractivity (Wildman–Crippen MR) is 76.6 cm³/mol. The molecule has 0 amide bonds. The van der Waals surface area contributed by atoms with Gasteiger partial charge in [0.15, 0.2) is 0 Å². The van der Waals surface area contributed by atoms with Gasteiger partial charge in [-0.15, -0.1) is 0 Å². The third-order valence-corrected chi connectivity index (χ3v) is 5.50. The lowest BCUT2D eigenvalue weighted by atomic mass is 10.0. The monoisotopic (exact) mass is 294 g/mol. The fourth-order valence-electron chi connectivity index (χ4n) is 1.92. The van der Waals surface area contributed by atoms with Crippen LogP contribution in [0.4, 0.5) is 0 Å². The lowest BCUT2D eigenvalue weighted by Gasteiger charge is -2.42. The Kier molecular flexibility index (Phi) is 5.07. The van der Waals surface area contributed by atoms with E-state index in [1.807, 2.05) is 13.8 Å². The second-order valence-corrected chi connectivity index (χ2v) is 7.01. The van der Waals surface area contributed by atoms with Crippen molar-refractivity contribution >= 4 is 27.4 Å². The predicted octanol–water partition coefficient (Wildman–Crippen LogP) is -0.477. The van der Waals surface area contributed by atoms with Crippen molar-refractivity contribution in [2.24, 2.45) is 5.73 Å². The minimum absolute atomic E-state index is 0.372. The van der Waals surface area contributed by atoms with E-state index in [-0.39, 0.29) is 5.54 Å². The summed E-state index contributed by atoms with van der Waals surface area (Å²) in [6.07, 6.45) is 0. The highest BCUT2D eigenvalue weighted by Crippen LogP contribution is 2.18. The lowest BCUT2D eigenvalue weighted by molar-refractivity contribution is 0.123. The van der Waals surface area contributed by atoms with Gasteiger partial charge in [-0.1, -0.05) is 19.1 Å². The van der Waals surface area contributed by atoms with E-state index in [1.165, 1.54) is 4.31 Å². The van der Waals surface area contributed by atoms with Crippen molar-refractivity contribution in [3.05, 3.63) is 0 Å². The highest BCUT2D eigenvalue weighted by Gasteiger charge is 2.34. The second-order valence-electron chi connectivity index (χ2n) is 4.81. The highest BCUT2D eigenvalue weighted by molar-refractivity contribution is 7.87. The Balaban J connectivity index is 2.65. The third kappa shape index (κ3) is 3.39. The van der Waals surface area contributed by atoms with Crippen LogP contribution in [-0.4, -0.2) is 60.9 Å². The summed E-state index contributed by atoms with van der Waals surface area (Å²) in [7, 11) is -3.33. The van der Waals surface area contributed by atoms with E-state index < -0.39 is 10.2 Å². The average Bonchev–Trinajstić information content (AvgIpc) is 2.29. The molecule has 1 rings (SSSR count). The molecule has 8 heteroatoms. The summed E-state index contributed by atoms with van der Waals surface area (Å²) >= 11 is 5.05. The lowest BCUT2D eigenvalue weighted by Crippen LogP contribution is -2.60. The van der Waals surface area contributed by atoms with Crippen LogP contribution in [0.15, 0.2) is 0 Å². The Labute approximate surface area is 115 Å². The number of nitrogens with two attached hydrogens (primary N) is 1. The summed E-state index contributed by atoms with van der Waals surface area (Å²) in [5.41, 5.74) is 5.34. The van der Waals surface area contributed by atoms with E-state index in [4.69, 9.17) is 18.0 Å². The Morgan fingerprint density at radius 1 is 1.33 bits per heavy atom. The second kappa shape index (κ2) is 5.79. The maximum atomic E-state index is 11.8. The normalized spacial score (nSPS) is 19.9. The van der Waals surface area contributed by atoms with Gasteiger partial charge in [-0.05, 0) is 13.8 Å². The minimum atomic E-state index is -3.33. The molecule has 0 bridgehead atoms. The zero-order valence-corrected chi connectivity index (χ0v) is 12.8. The maximum Gasteiger partial charge on any atom is 0.279 e. The first-order valence-electron chi connectivity index (χ1n) is 6.01. The number of hydrogen-bond donors (Lipinski definition) is 2. The van der Waals surface area contributed by atoms with Crippen molar-refractivity contribution in [3.63, 3.8) is 0 Å². The van der Waals surface area contributed by atoms with Crippen LogP contribution in [0.1, 0.15) is 20.8 Å². The standard InChI is InChI=1S/C10H22N4O2S2/c1-4-12-18(15,16)14-7-5-13(6-8-14)10(2,3)9(11)17/h12H,4-8H2,1-3H3,(H2,11,17). The van der Waals surface area contributed by atoms with Crippen molar-refractivity contribution in [1.29, 1.82) is 0 Å². The van der Waals surface area contributed by atoms with Gasteiger partial charge in [-0.3, -0.25) is 4.90 Å². The van der Waals surface area contributed by atoms with Gasteiger partial charge in [0.2, 0.25) is 0 Å². The Morgan fingerprint density at radius 3 is 2.22 bits per heavy atom. The first-order valence-corrected chi connectivity index (χ1v) is 7.86. The van der Waals surface area contributed by atoms with E-state index in [9.17, 15) is 8.42 Å². The van der Waals surface area contributed by atoms with Crippen LogP contribution in [0.2, 0.25) is 0 Å². The van der Waals surface area contributed by atoms with Gasteiger partial charge in [0, 0.05) is 32.7 Å². The van der Waals surface area contributed by atoms with Crippen LogP contribution in [-0.2, 0) is 10.2 Å². The molecular formula is C10H22N4O2S2. The van der Waals surface area contributed by atoms with Gasteiger partial charge >= 0.3 is 0 Å². The van der Waals surface area contributed by atoms with Crippen molar-refractivity contribution in [1.82, 2.24) is 13.9 Å². The molecule has 3 N–H and O–H groups in total. The van der Waals surface area contributed by atoms with Gasteiger partial charge < -0.3 is 5.73 Å². The smallest absolute Gasteiger partial charge is 0.279 e. The van der Waals surface area contributed by atoms with Gasteiger partial charge in [0.25, 0.3) is 10.2 Å². The summed E-state index contributed by atoms with van der Waals surface area (Å²) in [6.45, 7) is 8.28. The van der Waals surface area contributed by atoms with Crippen LogP contribution in [0, 0.1) is 0 Å². The summed E-state index contributed by atoms with van der Waals surface area (Å²) in [5.74, 6) is 0. The first-order chi connectivity index (χ1) is 8.21. The molecule has 0 radical (unpaired) electrons. The molecule has 0 aromatic heterocycles. The zero-order valence-electron chi connectivity index (χ0n) is 11.1. The number of hydrogen-bond acceptors (Lipinski definition) is 4. The average molecular weight is 294 g/mol. The molecule has 1 aliphatic heterocycles. The molecule has 0 aromatic rings. The molecule has 1 heterocycles. The number of piperazine rings is 1. The number of rotatable bonds is 5. The molecule has 0 aromatic carbocycles. The Morgan fingerprint density at radius 2 is 1.83 bits per heavy atom. The van der Waals surface area contributed by atoms with Gasteiger partial charge in [-0.2, -0.15) is 12.7 Å². The molecule has 6 nitrogen and oxygen atoms in total. The topological polar surface area (TPSA) is 78.7 Å². The molecule has 0 atom stereocenters. The molecule has 106 valence electrons. The van der Waals surface area contributed by atoms with E-state index >= 15 is 0 Å². The fourth-order valence-corrected chi connectivity index (χ4v) is 3.24. The van der Waals surface area contributed by atoms with E-state index in [2.05, 4.69) is 9.62 Å². The number of thiocarbonyl (C=S) groups is 1. The number of nitrogens with zero attached hydrogens (tertiary/aromatic N) is 2. The molecule has 1 fully saturated rings. The summed E-state index contributed by atoms with van der Waals surface area (Å²) < 4.78 is 27.6. The number of nitrogens with one attached hydrogen (secondary N) is 1. The Bertz CT molecular complexity index is 400. The molecule has 0 saturated carbocycles. The van der Waals surface area contributed by atoms with Crippen LogP contribution in [0.3, 0.4) is 0 Å². The molecule has 18 heavy (non-hydrogen) atoms. The summed E-state index contributed by atoms with van der Waals surface area (Å²) in [5, 5.41) is 0. The molecule has 0 spiro atoms. The zero-order chi connectivity index (χ0) is 14.0. The molecular weight excluding hydrogens is 272 g/mol. The molecule has 0 aliphatic carbocycles. The van der Waals surface area contributed by atoms with Crippen molar-refractivity contribution in [2.75, 3.05) is 32.7 Å². The van der Waals surface area contributed by atoms with E-state index in [0.717, 1.165) is 0 Å². The Hall–Kier alpha value is -0.280. The van der Waals surface area contributed by atoms with E-state index in [0.29, 0.717) is 37.7 Å². The van der Waals surface area contributed by atoms with Gasteiger partial charge in [0.05, 0.1) is 10.5 Å².